The Bertz CT molecular complexity index is 573. The molecule has 21 heavy (non-hydrogen) atoms. The zero-order chi connectivity index (χ0) is 14.7. The lowest BCUT2D eigenvalue weighted by Crippen LogP contribution is -2.26. The van der Waals surface area contributed by atoms with E-state index in [1.54, 1.807) is 0 Å². The van der Waals surface area contributed by atoms with Crippen LogP contribution in [-0.2, 0) is 6.54 Å². The van der Waals surface area contributed by atoms with Crippen LogP contribution >= 0.6 is 27.3 Å². The summed E-state index contributed by atoms with van der Waals surface area (Å²) in [4.78, 5) is 1.49. The van der Waals surface area contributed by atoms with E-state index in [4.69, 9.17) is 0 Å². The van der Waals surface area contributed by atoms with E-state index >= 15 is 0 Å². The van der Waals surface area contributed by atoms with Gasteiger partial charge >= 0.3 is 0 Å². The smallest absolute Gasteiger partial charge is 0.0446 e. The molecular weight excluding hydrogens is 342 g/mol. The maximum Gasteiger partial charge on any atom is 0.0446 e. The molecule has 1 aromatic carbocycles. The summed E-state index contributed by atoms with van der Waals surface area (Å²) < 4.78 is 1.20. The third-order valence-corrected chi connectivity index (χ3v) is 6.29. The van der Waals surface area contributed by atoms with E-state index in [1.165, 1.54) is 46.2 Å². The lowest BCUT2D eigenvalue weighted by molar-refractivity contribution is 0.371. The summed E-state index contributed by atoms with van der Waals surface area (Å²) in [6.45, 7) is 3.08. The molecule has 1 saturated carbocycles. The molecule has 1 unspecified atom stereocenters. The molecule has 0 saturated heterocycles. The van der Waals surface area contributed by atoms with Crippen LogP contribution in [0, 0.1) is 12.8 Å². The standard InChI is InChI=1S/C18H22BrNS/c1-13-8-9-14(11-16(13)19)12-20-18(15-5-2-3-6-15)17-7-4-10-21-17/h4,7-11,15,18,20H,2-3,5-6,12H2,1H3. The lowest BCUT2D eigenvalue weighted by Gasteiger charge is -2.24. The Labute approximate surface area is 139 Å². The quantitative estimate of drug-likeness (QED) is 0.703. The van der Waals surface area contributed by atoms with Crippen molar-refractivity contribution < 1.29 is 0 Å². The highest BCUT2D eigenvalue weighted by Crippen LogP contribution is 2.37. The van der Waals surface area contributed by atoms with E-state index in [1.807, 2.05) is 11.3 Å². The van der Waals surface area contributed by atoms with Gasteiger partial charge in [-0.25, -0.2) is 0 Å². The molecule has 1 atom stereocenters. The molecular formula is C18H22BrNS. The lowest BCUT2D eigenvalue weighted by atomic mass is 9.96. The van der Waals surface area contributed by atoms with Crippen LogP contribution in [0.15, 0.2) is 40.2 Å². The van der Waals surface area contributed by atoms with E-state index in [2.05, 4.69) is 63.9 Å². The van der Waals surface area contributed by atoms with Crippen molar-refractivity contribution in [1.29, 1.82) is 0 Å². The Balaban J connectivity index is 1.71. The number of rotatable bonds is 5. The largest absolute Gasteiger partial charge is 0.305 e. The van der Waals surface area contributed by atoms with E-state index in [0.717, 1.165) is 12.5 Å². The Morgan fingerprint density at radius 3 is 2.76 bits per heavy atom. The second-order valence-electron chi connectivity index (χ2n) is 6.00. The fourth-order valence-corrected chi connectivity index (χ4v) is 4.55. The second-order valence-corrected chi connectivity index (χ2v) is 7.84. The summed E-state index contributed by atoms with van der Waals surface area (Å²) in [6.07, 6.45) is 5.52. The first-order valence-electron chi connectivity index (χ1n) is 7.76. The first-order valence-corrected chi connectivity index (χ1v) is 9.43. The number of thiophene rings is 1. The minimum Gasteiger partial charge on any atom is -0.305 e. The summed E-state index contributed by atoms with van der Waals surface area (Å²) in [5.74, 6) is 0.803. The maximum atomic E-state index is 3.82. The van der Waals surface area contributed by atoms with Gasteiger partial charge in [0.15, 0.2) is 0 Å². The molecule has 2 aromatic rings. The molecule has 3 heteroatoms. The average molecular weight is 364 g/mol. The topological polar surface area (TPSA) is 12.0 Å². The van der Waals surface area contributed by atoms with Gasteiger partial charge in [-0.15, -0.1) is 11.3 Å². The van der Waals surface area contributed by atoms with Gasteiger partial charge in [0.25, 0.3) is 0 Å². The molecule has 0 radical (unpaired) electrons. The minimum absolute atomic E-state index is 0.521. The number of halogens is 1. The molecule has 0 amide bonds. The monoisotopic (exact) mass is 363 g/mol. The van der Waals surface area contributed by atoms with Gasteiger partial charge in [-0.2, -0.15) is 0 Å². The number of aryl methyl sites for hydroxylation is 1. The van der Waals surface area contributed by atoms with Gasteiger partial charge in [-0.1, -0.05) is 47.0 Å². The number of hydrogen-bond donors (Lipinski definition) is 1. The molecule has 1 aliphatic carbocycles. The Morgan fingerprint density at radius 2 is 2.10 bits per heavy atom. The van der Waals surface area contributed by atoms with Crippen LogP contribution in [0.25, 0.3) is 0 Å². The predicted octanol–water partition coefficient (Wildman–Crippen LogP) is 5.84. The van der Waals surface area contributed by atoms with Crippen LogP contribution in [0.5, 0.6) is 0 Å². The molecule has 1 N–H and O–H groups in total. The van der Waals surface area contributed by atoms with Gasteiger partial charge in [-0.3, -0.25) is 0 Å². The van der Waals surface area contributed by atoms with Crippen molar-refractivity contribution in [3.8, 4) is 0 Å². The van der Waals surface area contributed by atoms with Gasteiger partial charge in [0.2, 0.25) is 0 Å². The van der Waals surface area contributed by atoms with Gasteiger partial charge in [0.1, 0.15) is 0 Å². The fraction of sp³-hybridized carbons (Fsp3) is 0.444. The maximum absolute atomic E-state index is 3.82. The zero-order valence-corrected chi connectivity index (χ0v) is 14.8. The van der Waals surface area contributed by atoms with Crippen LogP contribution in [-0.4, -0.2) is 0 Å². The highest BCUT2D eigenvalue weighted by Gasteiger charge is 2.26. The number of benzene rings is 1. The molecule has 0 spiro atoms. The van der Waals surface area contributed by atoms with Gasteiger partial charge < -0.3 is 5.32 Å². The number of hydrogen-bond acceptors (Lipinski definition) is 2. The van der Waals surface area contributed by atoms with Gasteiger partial charge in [0.05, 0.1) is 0 Å². The third kappa shape index (κ3) is 3.77. The highest BCUT2D eigenvalue weighted by molar-refractivity contribution is 9.10. The normalized spacial score (nSPS) is 17.2. The second kappa shape index (κ2) is 7.08. The van der Waals surface area contributed by atoms with Crippen LogP contribution in [0.1, 0.15) is 47.7 Å². The molecule has 1 nitrogen and oxygen atoms in total. The van der Waals surface area contributed by atoms with E-state index in [0.29, 0.717) is 6.04 Å². The summed E-state index contributed by atoms with van der Waals surface area (Å²) in [7, 11) is 0. The molecule has 112 valence electrons. The SMILES string of the molecule is Cc1ccc(CNC(c2cccs2)C2CCCC2)cc1Br. The Hall–Kier alpha value is -0.640. The van der Waals surface area contributed by atoms with E-state index in [9.17, 15) is 0 Å². The minimum atomic E-state index is 0.521. The molecule has 0 bridgehead atoms. The number of nitrogens with one attached hydrogen (secondary N) is 1. The Kier molecular flexibility index (Phi) is 5.15. The van der Waals surface area contributed by atoms with E-state index < -0.39 is 0 Å². The Morgan fingerprint density at radius 1 is 1.29 bits per heavy atom. The summed E-state index contributed by atoms with van der Waals surface area (Å²) in [5, 5.41) is 6.01. The van der Waals surface area contributed by atoms with Gasteiger partial charge in [0, 0.05) is 21.9 Å². The van der Waals surface area contributed by atoms with Crippen LogP contribution in [0.3, 0.4) is 0 Å². The van der Waals surface area contributed by atoms with Crippen molar-refractivity contribution in [3.63, 3.8) is 0 Å². The predicted molar refractivity (Wildman–Crippen MR) is 94.7 cm³/mol. The summed E-state index contributed by atoms with van der Waals surface area (Å²) in [6, 6.07) is 11.6. The van der Waals surface area contributed by atoms with Crippen molar-refractivity contribution in [1.82, 2.24) is 5.32 Å². The van der Waals surface area contributed by atoms with Crippen molar-refractivity contribution in [3.05, 3.63) is 56.2 Å². The average Bonchev–Trinajstić information content (AvgIpc) is 3.16. The summed E-state index contributed by atoms with van der Waals surface area (Å²) in [5.41, 5.74) is 2.65. The fourth-order valence-electron chi connectivity index (χ4n) is 3.23. The molecule has 1 aliphatic rings. The van der Waals surface area contributed by atoms with Crippen LogP contribution in [0.4, 0.5) is 0 Å². The third-order valence-electron chi connectivity index (χ3n) is 4.48. The zero-order valence-electron chi connectivity index (χ0n) is 12.4. The molecule has 1 heterocycles. The van der Waals surface area contributed by atoms with Crippen molar-refractivity contribution in [2.24, 2.45) is 5.92 Å². The van der Waals surface area contributed by atoms with Gasteiger partial charge in [-0.05, 0) is 54.3 Å². The van der Waals surface area contributed by atoms with Crippen molar-refractivity contribution in [2.75, 3.05) is 0 Å². The van der Waals surface area contributed by atoms with Crippen molar-refractivity contribution in [2.45, 2.75) is 45.2 Å². The molecule has 1 aromatic heterocycles. The first kappa shape index (κ1) is 15.3. The van der Waals surface area contributed by atoms with Crippen LogP contribution in [0.2, 0.25) is 0 Å². The van der Waals surface area contributed by atoms with Crippen molar-refractivity contribution >= 4 is 27.3 Å². The van der Waals surface area contributed by atoms with Crippen LogP contribution < -0.4 is 5.32 Å². The molecule has 1 fully saturated rings. The first-order chi connectivity index (χ1) is 10.2. The molecule has 3 rings (SSSR count). The van der Waals surface area contributed by atoms with E-state index in [-0.39, 0.29) is 0 Å². The molecule has 0 aliphatic heterocycles. The summed E-state index contributed by atoms with van der Waals surface area (Å²) >= 11 is 5.52. The highest BCUT2D eigenvalue weighted by atomic mass is 79.9.